The minimum absolute atomic E-state index is 0.266. The van der Waals surface area contributed by atoms with E-state index >= 15 is 0 Å². The van der Waals surface area contributed by atoms with Crippen LogP contribution in [0.2, 0.25) is 0 Å². The van der Waals surface area contributed by atoms with Gasteiger partial charge in [0, 0.05) is 21.2 Å². The molecule has 0 atom stereocenters. The summed E-state index contributed by atoms with van der Waals surface area (Å²) >= 11 is 0. The van der Waals surface area contributed by atoms with Crippen molar-refractivity contribution in [3.63, 3.8) is 0 Å². The first-order valence-electron chi connectivity index (χ1n) is 12.1. The second-order valence-corrected chi connectivity index (χ2v) is 10.5. The first-order chi connectivity index (χ1) is 18.4. The van der Waals surface area contributed by atoms with Gasteiger partial charge in [-0.05, 0) is 84.6 Å². The molecule has 0 aliphatic heterocycles. The summed E-state index contributed by atoms with van der Waals surface area (Å²) in [6.45, 7) is 4.08. The molecule has 0 aliphatic carbocycles. The number of hydrogen-bond donors (Lipinski definition) is 2. The molecule has 0 aromatic heterocycles. The number of carbonyl (C=O) groups excluding carboxylic acids is 2. The molecule has 38 heavy (non-hydrogen) atoms. The van der Waals surface area contributed by atoms with Crippen molar-refractivity contribution in [2.75, 3.05) is 24.7 Å². The lowest BCUT2D eigenvalue weighted by Crippen LogP contribution is -2.07. The van der Waals surface area contributed by atoms with Crippen molar-refractivity contribution >= 4 is 44.9 Å². The second-order valence-electron chi connectivity index (χ2n) is 8.27. The van der Waals surface area contributed by atoms with Crippen molar-refractivity contribution in [3.05, 3.63) is 96.1 Å². The van der Waals surface area contributed by atoms with E-state index in [1.54, 1.807) is 13.8 Å². The summed E-state index contributed by atoms with van der Waals surface area (Å²) in [6.07, 6.45) is 0. The lowest BCUT2D eigenvalue weighted by atomic mass is 10.0. The maximum Gasteiger partial charge on any atom is 0.339 e. The molecule has 4 N–H and O–H groups in total. The molecule has 6 nitrogen and oxygen atoms in total. The van der Waals surface area contributed by atoms with E-state index in [-0.39, 0.29) is 13.2 Å². The number of anilines is 2. The Bertz CT molecular complexity index is 1330. The zero-order chi connectivity index (χ0) is 27.1. The van der Waals surface area contributed by atoms with Gasteiger partial charge in [0.05, 0.1) is 24.3 Å². The van der Waals surface area contributed by atoms with Gasteiger partial charge in [-0.25, -0.2) is 9.59 Å². The highest BCUT2D eigenvalue weighted by molar-refractivity contribution is 8.76. The highest BCUT2D eigenvalue weighted by Gasteiger charge is 2.19. The number of ether oxygens (including phenoxy) is 2. The molecule has 4 aromatic rings. The average Bonchev–Trinajstić information content (AvgIpc) is 2.93. The van der Waals surface area contributed by atoms with Gasteiger partial charge in [0.25, 0.3) is 0 Å². The molecule has 0 unspecified atom stereocenters. The Hall–Kier alpha value is -3.88. The zero-order valence-electron chi connectivity index (χ0n) is 21.1. The van der Waals surface area contributed by atoms with Crippen LogP contribution in [0.1, 0.15) is 34.6 Å². The standard InChI is InChI=1S/C30H28N2O4S2/c1-3-35-29(33)25-17-21(19-5-11-23(31)12-6-19)9-15-27(25)37-38-28-16-10-22(18-26(28)30(34)36-4-2)20-7-13-24(32)14-8-20/h5-18H,3-4,31-32H2,1-2H3. The van der Waals surface area contributed by atoms with Crippen LogP contribution in [0.4, 0.5) is 11.4 Å². The van der Waals surface area contributed by atoms with E-state index in [1.165, 1.54) is 21.6 Å². The molecule has 4 rings (SSSR count). The molecule has 194 valence electrons. The molecule has 0 saturated heterocycles. The normalized spacial score (nSPS) is 10.7. The Morgan fingerprint density at radius 2 is 0.921 bits per heavy atom. The Labute approximate surface area is 230 Å². The number of nitrogen functional groups attached to an aromatic ring is 2. The van der Waals surface area contributed by atoms with E-state index in [9.17, 15) is 9.59 Å². The number of rotatable bonds is 9. The van der Waals surface area contributed by atoms with Crippen molar-refractivity contribution in [3.8, 4) is 22.3 Å². The van der Waals surface area contributed by atoms with E-state index in [2.05, 4.69) is 0 Å². The van der Waals surface area contributed by atoms with Gasteiger partial charge >= 0.3 is 11.9 Å². The van der Waals surface area contributed by atoms with Gasteiger partial charge < -0.3 is 20.9 Å². The predicted molar refractivity (Wildman–Crippen MR) is 156 cm³/mol. The lowest BCUT2D eigenvalue weighted by molar-refractivity contribution is 0.0512. The van der Waals surface area contributed by atoms with Crippen molar-refractivity contribution in [1.82, 2.24) is 0 Å². The Morgan fingerprint density at radius 3 is 1.26 bits per heavy atom. The van der Waals surface area contributed by atoms with E-state index in [4.69, 9.17) is 20.9 Å². The fraction of sp³-hybridized carbons (Fsp3) is 0.133. The van der Waals surface area contributed by atoms with Gasteiger partial charge in [-0.3, -0.25) is 0 Å². The summed E-state index contributed by atoms with van der Waals surface area (Å²) in [5.41, 5.74) is 17.5. The van der Waals surface area contributed by atoms with Gasteiger partial charge in [0.1, 0.15) is 0 Å². The third-order valence-electron chi connectivity index (χ3n) is 5.66. The summed E-state index contributed by atoms with van der Waals surface area (Å²) in [5, 5.41) is 0. The van der Waals surface area contributed by atoms with E-state index < -0.39 is 11.9 Å². The maximum atomic E-state index is 12.9. The van der Waals surface area contributed by atoms with Crippen LogP contribution in [-0.2, 0) is 9.47 Å². The highest BCUT2D eigenvalue weighted by atomic mass is 33.1. The molecule has 0 radical (unpaired) electrons. The SMILES string of the molecule is CCOC(=O)c1cc(-c2ccc(N)cc2)ccc1SSc1ccc(-c2ccc(N)cc2)cc1C(=O)OCC. The maximum absolute atomic E-state index is 12.9. The molecule has 0 saturated carbocycles. The molecule has 4 aromatic carbocycles. The number of hydrogen-bond acceptors (Lipinski definition) is 8. The van der Waals surface area contributed by atoms with Gasteiger partial charge in [-0.2, -0.15) is 0 Å². The van der Waals surface area contributed by atoms with Gasteiger partial charge in [0.15, 0.2) is 0 Å². The van der Waals surface area contributed by atoms with Gasteiger partial charge in [0.2, 0.25) is 0 Å². The lowest BCUT2D eigenvalue weighted by Gasteiger charge is -2.13. The molecule has 0 heterocycles. The molecule has 8 heteroatoms. The summed E-state index contributed by atoms with van der Waals surface area (Å²) in [5.74, 6) is -0.811. The summed E-state index contributed by atoms with van der Waals surface area (Å²) < 4.78 is 10.7. The van der Waals surface area contributed by atoms with E-state index in [0.717, 1.165) is 32.0 Å². The van der Waals surface area contributed by atoms with Crippen LogP contribution in [0.3, 0.4) is 0 Å². The van der Waals surface area contributed by atoms with Crippen molar-refractivity contribution < 1.29 is 19.1 Å². The minimum Gasteiger partial charge on any atom is -0.462 e. The molecule has 0 bridgehead atoms. The summed E-state index contributed by atoms with van der Waals surface area (Å²) in [7, 11) is 2.77. The van der Waals surface area contributed by atoms with Crippen LogP contribution in [0, 0.1) is 0 Å². The fourth-order valence-electron chi connectivity index (χ4n) is 3.74. The summed E-state index contributed by atoms with van der Waals surface area (Å²) in [6, 6.07) is 26.3. The Balaban J connectivity index is 1.65. The fourth-order valence-corrected chi connectivity index (χ4v) is 6.04. The first-order valence-corrected chi connectivity index (χ1v) is 14.2. The molecule has 0 fully saturated rings. The molecule has 0 amide bonds. The van der Waals surface area contributed by atoms with Crippen molar-refractivity contribution in [1.29, 1.82) is 0 Å². The van der Waals surface area contributed by atoms with Crippen molar-refractivity contribution in [2.45, 2.75) is 23.6 Å². The molecule has 0 spiro atoms. The minimum atomic E-state index is -0.405. The van der Waals surface area contributed by atoms with Crippen LogP contribution in [-0.4, -0.2) is 25.2 Å². The Morgan fingerprint density at radius 1 is 0.579 bits per heavy atom. The van der Waals surface area contributed by atoms with Crippen LogP contribution >= 0.6 is 21.6 Å². The van der Waals surface area contributed by atoms with E-state index in [1.807, 2.05) is 84.9 Å². The second kappa shape index (κ2) is 12.6. The van der Waals surface area contributed by atoms with Crippen LogP contribution < -0.4 is 11.5 Å². The molecule has 0 aliphatic rings. The number of carbonyl (C=O) groups is 2. The van der Waals surface area contributed by atoms with Gasteiger partial charge in [-0.1, -0.05) is 58.0 Å². The monoisotopic (exact) mass is 544 g/mol. The average molecular weight is 545 g/mol. The van der Waals surface area contributed by atoms with E-state index in [0.29, 0.717) is 22.5 Å². The van der Waals surface area contributed by atoms with Gasteiger partial charge in [-0.15, -0.1) is 0 Å². The third-order valence-corrected chi connectivity index (χ3v) is 8.14. The van der Waals surface area contributed by atoms with Crippen LogP contribution in [0.15, 0.2) is 94.7 Å². The molecular formula is C30H28N2O4S2. The highest BCUT2D eigenvalue weighted by Crippen LogP contribution is 2.43. The predicted octanol–water partition coefficient (Wildman–Crippen LogP) is 7.34. The van der Waals surface area contributed by atoms with Crippen molar-refractivity contribution in [2.24, 2.45) is 0 Å². The smallest absolute Gasteiger partial charge is 0.339 e. The summed E-state index contributed by atoms with van der Waals surface area (Å²) in [4.78, 5) is 27.2. The van der Waals surface area contributed by atoms with Crippen LogP contribution in [0.5, 0.6) is 0 Å². The number of benzene rings is 4. The Kier molecular flexibility index (Phi) is 8.99. The largest absolute Gasteiger partial charge is 0.462 e. The topological polar surface area (TPSA) is 105 Å². The van der Waals surface area contributed by atoms with Crippen LogP contribution in [0.25, 0.3) is 22.3 Å². The zero-order valence-corrected chi connectivity index (χ0v) is 22.7. The first kappa shape index (κ1) is 27.2. The number of esters is 2. The third kappa shape index (κ3) is 6.51. The quantitative estimate of drug-likeness (QED) is 0.128. The molecular weight excluding hydrogens is 516 g/mol. The number of nitrogens with two attached hydrogens (primary N) is 2.